The Morgan fingerprint density at radius 2 is 2.00 bits per heavy atom. The molecule has 0 radical (unpaired) electrons. The van der Waals surface area contributed by atoms with Crippen LogP contribution in [0, 0.1) is 0 Å². The molecule has 0 saturated carbocycles. The third kappa shape index (κ3) is 2.93. The Morgan fingerprint density at radius 3 is 2.71 bits per heavy atom. The molecule has 4 nitrogen and oxygen atoms in total. The van der Waals surface area contributed by atoms with Crippen LogP contribution in [0.2, 0.25) is 0 Å². The van der Waals surface area contributed by atoms with Crippen LogP contribution < -0.4 is 10.9 Å². The van der Waals surface area contributed by atoms with Gasteiger partial charge in [-0.15, -0.1) is 0 Å². The fourth-order valence-electron chi connectivity index (χ4n) is 1.59. The first-order valence-electron chi connectivity index (χ1n) is 5.63. The molecule has 0 aromatic carbocycles. The van der Waals surface area contributed by atoms with E-state index in [1.807, 2.05) is 25.3 Å². The van der Waals surface area contributed by atoms with E-state index in [4.69, 9.17) is 0 Å². The summed E-state index contributed by atoms with van der Waals surface area (Å²) in [5.41, 5.74) is 2.14. The first kappa shape index (κ1) is 11.4. The summed E-state index contributed by atoms with van der Waals surface area (Å²) in [6.45, 7) is 3.36. The normalized spacial score (nSPS) is 10.2. The summed E-state index contributed by atoms with van der Waals surface area (Å²) in [6, 6.07) is 7.31. The van der Waals surface area contributed by atoms with Crippen molar-refractivity contribution in [2.75, 3.05) is 5.32 Å². The lowest BCUT2D eigenvalue weighted by Crippen LogP contribution is -2.17. The molecular weight excluding hydrogens is 214 g/mol. The summed E-state index contributed by atoms with van der Waals surface area (Å²) in [7, 11) is 0. The number of aromatic nitrogens is 2. The highest BCUT2D eigenvalue weighted by atomic mass is 16.1. The Hall–Kier alpha value is -2.10. The van der Waals surface area contributed by atoms with Crippen LogP contribution in [-0.4, -0.2) is 9.55 Å². The topological polar surface area (TPSA) is 46.9 Å². The summed E-state index contributed by atoms with van der Waals surface area (Å²) in [4.78, 5) is 15.4. The Kier molecular flexibility index (Phi) is 3.55. The first-order valence-corrected chi connectivity index (χ1v) is 5.63. The molecule has 2 aromatic rings. The van der Waals surface area contributed by atoms with Gasteiger partial charge in [0.05, 0.1) is 5.69 Å². The second-order valence-electron chi connectivity index (χ2n) is 3.75. The standard InChI is InChI=1S/C13H15N3O/c1-2-16-10-12(3-4-13(16)17)15-9-11-5-7-14-8-6-11/h3-8,10,15H,2,9H2,1H3. The largest absolute Gasteiger partial charge is 0.380 e. The summed E-state index contributed by atoms with van der Waals surface area (Å²) in [5.74, 6) is 0. The van der Waals surface area contributed by atoms with E-state index in [1.54, 1.807) is 29.1 Å². The van der Waals surface area contributed by atoms with E-state index in [1.165, 1.54) is 0 Å². The summed E-state index contributed by atoms with van der Waals surface area (Å²) < 4.78 is 1.68. The van der Waals surface area contributed by atoms with Crippen molar-refractivity contribution in [2.45, 2.75) is 20.0 Å². The molecule has 0 aliphatic rings. The third-order valence-electron chi connectivity index (χ3n) is 2.57. The van der Waals surface area contributed by atoms with Crippen molar-refractivity contribution >= 4 is 5.69 Å². The fourth-order valence-corrected chi connectivity index (χ4v) is 1.59. The van der Waals surface area contributed by atoms with Crippen LogP contribution in [0.5, 0.6) is 0 Å². The predicted molar refractivity (Wildman–Crippen MR) is 67.9 cm³/mol. The Morgan fingerprint density at radius 1 is 1.24 bits per heavy atom. The molecule has 0 aliphatic heterocycles. The summed E-state index contributed by atoms with van der Waals surface area (Å²) >= 11 is 0. The van der Waals surface area contributed by atoms with Gasteiger partial charge in [-0.25, -0.2) is 0 Å². The number of anilines is 1. The van der Waals surface area contributed by atoms with Gasteiger partial charge in [0.1, 0.15) is 0 Å². The molecule has 2 aromatic heterocycles. The molecule has 0 aliphatic carbocycles. The van der Waals surface area contributed by atoms with Crippen LogP contribution in [0.3, 0.4) is 0 Å². The highest BCUT2D eigenvalue weighted by molar-refractivity contribution is 5.40. The van der Waals surface area contributed by atoms with Gasteiger partial charge in [-0.05, 0) is 30.7 Å². The first-order chi connectivity index (χ1) is 8.29. The smallest absolute Gasteiger partial charge is 0.250 e. The molecule has 17 heavy (non-hydrogen) atoms. The number of pyridine rings is 2. The molecule has 2 heterocycles. The molecule has 0 fully saturated rings. The monoisotopic (exact) mass is 229 g/mol. The average molecular weight is 229 g/mol. The van der Waals surface area contributed by atoms with Gasteiger partial charge in [-0.3, -0.25) is 9.78 Å². The minimum absolute atomic E-state index is 0.0296. The number of hydrogen-bond acceptors (Lipinski definition) is 3. The van der Waals surface area contributed by atoms with Gasteiger partial charge < -0.3 is 9.88 Å². The van der Waals surface area contributed by atoms with Gasteiger partial charge in [0.25, 0.3) is 5.56 Å². The molecule has 0 bridgehead atoms. The maximum atomic E-state index is 11.4. The Bertz CT molecular complexity index is 534. The zero-order chi connectivity index (χ0) is 12.1. The van der Waals surface area contributed by atoms with Crippen molar-refractivity contribution in [3.05, 3.63) is 58.8 Å². The molecule has 0 saturated heterocycles. The minimum atomic E-state index is 0.0296. The van der Waals surface area contributed by atoms with Crippen LogP contribution in [0.15, 0.2) is 47.7 Å². The summed E-state index contributed by atoms with van der Waals surface area (Å²) in [6.07, 6.45) is 5.37. The molecular formula is C13H15N3O. The van der Waals surface area contributed by atoms with Crippen molar-refractivity contribution in [2.24, 2.45) is 0 Å². The van der Waals surface area contributed by atoms with E-state index in [9.17, 15) is 4.79 Å². The van der Waals surface area contributed by atoms with E-state index in [0.717, 1.165) is 17.8 Å². The molecule has 0 spiro atoms. The van der Waals surface area contributed by atoms with Crippen molar-refractivity contribution in [3.8, 4) is 0 Å². The van der Waals surface area contributed by atoms with E-state index in [-0.39, 0.29) is 5.56 Å². The molecule has 0 atom stereocenters. The fraction of sp³-hybridized carbons (Fsp3) is 0.231. The number of rotatable bonds is 4. The van der Waals surface area contributed by atoms with Gasteiger partial charge in [0.15, 0.2) is 0 Å². The highest BCUT2D eigenvalue weighted by Gasteiger charge is 1.97. The van der Waals surface area contributed by atoms with Crippen molar-refractivity contribution in [1.82, 2.24) is 9.55 Å². The third-order valence-corrected chi connectivity index (χ3v) is 2.57. The Labute approximate surface area is 99.9 Å². The Balaban J connectivity index is 2.07. The second kappa shape index (κ2) is 5.30. The van der Waals surface area contributed by atoms with Crippen LogP contribution in [-0.2, 0) is 13.1 Å². The number of nitrogens with one attached hydrogen (secondary N) is 1. The molecule has 0 amide bonds. The SMILES string of the molecule is CCn1cc(NCc2ccncc2)ccc1=O. The quantitative estimate of drug-likeness (QED) is 0.870. The van der Waals surface area contributed by atoms with Crippen LogP contribution >= 0.6 is 0 Å². The zero-order valence-electron chi connectivity index (χ0n) is 9.76. The number of aryl methyl sites for hydroxylation is 1. The minimum Gasteiger partial charge on any atom is -0.380 e. The molecule has 4 heteroatoms. The molecule has 1 N–H and O–H groups in total. The average Bonchev–Trinajstić information content (AvgIpc) is 2.39. The number of hydrogen-bond donors (Lipinski definition) is 1. The van der Waals surface area contributed by atoms with E-state index in [2.05, 4.69) is 10.3 Å². The van der Waals surface area contributed by atoms with E-state index >= 15 is 0 Å². The van der Waals surface area contributed by atoms with Gasteiger partial charge in [-0.2, -0.15) is 0 Å². The molecule has 88 valence electrons. The van der Waals surface area contributed by atoms with Crippen LogP contribution in [0.25, 0.3) is 0 Å². The van der Waals surface area contributed by atoms with Gasteiger partial charge in [-0.1, -0.05) is 0 Å². The lowest BCUT2D eigenvalue weighted by molar-refractivity contribution is 0.727. The van der Waals surface area contributed by atoms with Crippen LogP contribution in [0.4, 0.5) is 5.69 Å². The summed E-state index contributed by atoms with van der Waals surface area (Å²) in [5, 5.41) is 3.28. The maximum absolute atomic E-state index is 11.4. The lowest BCUT2D eigenvalue weighted by atomic mass is 10.2. The molecule has 2 rings (SSSR count). The highest BCUT2D eigenvalue weighted by Crippen LogP contribution is 2.06. The van der Waals surface area contributed by atoms with Crippen molar-refractivity contribution in [3.63, 3.8) is 0 Å². The van der Waals surface area contributed by atoms with Crippen molar-refractivity contribution < 1.29 is 0 Å². The zero-order valence-corrected chi connectivity index (χ0v) is 9.76. The van der Waals surface area contributed by atoms with E-state index in [0.29, 0.717) is 6.54 Å². The van der Waals surface area contributed by atoms with Gasteiger partial charge in [0.2, 0.25) is 0 Å². The van der Waals surface area contributed by atoms with Crippen LogP contribution in [0.1, 0.15) is 12.5 Å². The second-order valence-corrected chi connectivity index (χ2v) is 3.75. The number of nitrogens with zero attached hydrogens (tertiary/aromatic N) is 2. The van der Waals surface area contributed by atoms with Gasteiger partial charge in [0, 0.05) is 37.7 Å². The molecule has 0 unspecified atom stereocenters. The van der Waals surface area contributed by atoms with E-state index < -0.39 is 0 Å². The van der Waals surface area contributed by atoms with Crippen molar-refractivity contribution in [1.29, 1.82) is 0 Å². The predicted octanol–water partition coefficient (Wildman–Crippen LogP) is 1.88. The lowest BCUT2D eigenvalue weighted by Gasteiger charge is -2.08. The van der Waals surface area contributed by atoms with Gasteiger partial charge >= 0.3 is 0 Å². The maximum Gasteiger partial charge on any atom is 0.250 e.